The molecule has 1 N–H and O–H groups in total. The first kappa shape index (κ1) is 14.4. The van der Waals surface area contributed by atoms with Crippen LogP contribution in [-0.4, -0.2) is 33.8 Å². The number of aromatic hydroxyl groups is 1. The molecule has 1 aliphatic rings. The zero-order chi connectivity index (χ0) is 14.8. The second-order valence-corrected chi connectivity index (χ2v) is 6.25. The van der Waals surface area contributed by atoms with E-state index in [0.29, 0.717) is 18.2 Å². The van der Waals surface area contributed by atoms with Crippen molar-refractivity contribution in [3.05, 3.63) is 42.0 Å². The van der Waals surface area contributed by atoms with Gasteiger partial charge < -0.3 is 10.0 Å². The van der Waals surface area contributed by atoms with E-state index in [-0.39, 0.29) is 11.7 Å². The summed E-state index contributed by atoms with van der Waals surface area (Å²) in [5.74, 6) is 0.0272. The predicted octanol–water partition coefficient (Wildman–Crippen LogP) is 3.94. The fraction of sp³-hybridized carbons (Fsp3) is 0.353. The third-order valence-corrected chi connectivity index (χ3v) is 4.59. The Bertz CT molecular complexity index is 667. The van der Waals surface area contributed by atoms with Crippen molar-refractivity contribution >= 4 is 32.6 Å². The van der Waals surface area contributed by atoms with Crippen LogP contribution in [0.15, 0.2) is 36.4 Å². The second-order valence-electron chi connectivity index (χ2n) is 5.46. The molecule has 0 bridgehead atoms. The fourth-order valence-electron chi connectivity index (χ4n) is 2.82. The number of hydrogen-bond donors (Lipinski definition) is 1. The highest BCUT2D eigenvalue weighted by Crippen LogP contribution is 2.32. The van der Waals surface area contributed by atoms with Gasteiger partial charge in [-0.15, -0.1) is 0 Å². The van der Waals surface area contributed by atoms with Crippen molar-refractivity contribution in [1.29, 1.82) is 0 Å². The van der Waals surface area contributed by atoms with Crippen molar-refractivity contribution in [2.45, 2.75) is 25.3 Å². The number of carbonyl (C=O) groups excluding carboxylic acids is 1. The number of rotatable bonds is 4. The number of phenols is 1. The monoisotopic (exact) mass is 347 g/mol. The van der Waals surface area contributed by atoms with Gasteiger partial charge in [0, 0.05) is 23.3 Å². The standard InChI is InChI=1S/C17H18BrNO2/c18-10-11-19(13-5-3-6-13)17(21)15-9-8-12-4-1-2-7-14(12)16(15)20/h1-2,4,7-9,13,20H,3,5-6,10-11H2. The Morgan fingerprint density at radius 1 is 1.24 bits per heavy atom. The molecular weight excluding hydrogens is 330 g/mol. The summed E-state index contributed by atoms with van der Waals surface area (Å²) < 4.78 is 0. The summed E-state index contributed by atoms with van der Waals surface area (Å²) in [5.41, 5.74) is 0.404. The smallest absolute Gasteiger partial charge is 0.257 e. The minimum atomic E-state index is -0.0672. The zero-order valence-electron chi connectivity index (χ0n) is 11.8. The average molecular weight is 348 g/mol. The summed E-state index contributed by atoms with van der Waals surface area (Å²) in [4.78, 5) is 14.7. The van der Waals surface area contributed by atoms with Gasteiger partial charge in [-0.05, 0) is 30.7 Å². The summed E-state index contributed by atoms with van der Waals surface area (Å²) in [7, 11) is 0. The summed E-state index contributed by atoms with van der Waals surface area (Å²) in [6.07, 6.45) is 3.31. The highest BCUT2D eigenvalue weighted by atomic mass is 79.9. The van der Waals surface area contributed by atoms with Crippen LogP contribution in [0.25, 0.3) is 10.8 Å². The van der Waals surface area contributed by atoms with E-state index in [0.717, 1.165) is 28.9 Å². The molecule has 1 fully saturated rings. The van der Waals surface area contributed by atoms with Crippen molar-refractivity contribution in [2.24, 2.45) is 0 Å². The quantitative estimate of drug-likeness (QED) is 0.851. The van der Waals surface area contributed by atoms with Gasteiger partial charge in [0.25, 0.3) is 5.91 Å². The van der Waals surface area contributed by atoms with Gasteiger partial charge in [-0.2, -0.15) is 0 Å². The van der Waals surface area contributed by atoms with Gasteiger partial charge in [-0.3, -0.25) is 4.79 Å². The number of amides is 1. The molecule has 1 amide bonds. The normalized spacial score (nSPS) is 14.9. The number of carbonyl (C=O) groups is 1. The lowest BCUT2D eigenvalue weighted by atomic mass is 9.90. The minimum absolute atomic E-state index is 0.0672. The number of nitrogens with zero attached hydrogens (tertiary/aromatic N) is 1. The van der Waals surface area contributed by atoms with Crippen LogP contribution in [0.3, 0.4) is 0 Å². The van der Waals surface area contributed by atoms with Crippen molar-refractivity contribution in [2.75, 3.05) is 11.9 Å². The van der Waals surface area contributed by atoms with Crippen LogP contribution in [0.4, 0.5) is 0 Å². The topological polar surface area (TPSA) is 40.5 Å². The molecule has 2 aromatic carbocycles. The molecule has 0 saturated heterocycles. The summed E-state index contributed by atoms with van der Waals surface area (Å²) in [6, 6.07) is 11.5. The molecule has 1 aliphatic carbocycles. The first-order valence-corrected chi connectivity index (χ1v) is 8.42. The van der Waals surface area contributed by atoms with Crippen molar-refractivity contribution < 1.29 is 9.90 Å². The molecule has 2 aromatic rings. The van der Waals surface area contributed by atoms with E-state index < -0.39 is 0 Å². The van der Waals surface area contributed by atoms with Gasteiger partial charge >= 0.3 is 0 Å². The van der Waals surface area contributed by atoms with Gasteiger partial charge in [0.15, 0.2) is 0 Å². The van der Waals surface area contributed by atoms with Crippen LogP contribution in [0.2, 0.25) is 0 Å². The lowest BCUT2D eigenvalue weighted by Crippen LogP contribution is -2.45. The van der Waals surface area contributed by atoms with Gasteiger partial charge in [0.2, 0.25) is 0 Å². The molecule has 3 rings (SSSR count). The van der Waals surface area contributed by atoms with E-state index in [1.807, 2.05) is 35.2 Å². The highest BCUT2D eigenvalue weighted by molar-refractivity contribution is 9.09. The van der Waals surface area contributed by atoms with Crippen molar-refractivity contribution in [3.63, 3.8) is 0 Å². The average Bonchev–Trinajstić information content (AvgIpc) is 2.45. The van der Waals surface area contributed by atoms with Crippen molar-refractivity contribution in [1.82, 2.24) is 4.90 Å². The van der Waals surface area contributed by atoms with E-state index in [9.17, 15) is 9.90 Å². The number of halogens is 1. The Morgan fingerprint density at radius 3 is 2.67 bits per heavy atom. The van der Waals surface area contributed by atoms with Gasteiger partial charge in [0.05, 0.1) is 5.56 Å². The molecule has 3 nitrogen and oxygen atoms in total. The third-order valence-electron chi connectivity index (χ3n) is 4.23. The lowest BCUT2D eigenvalue weighted by molar-refractivity contribution is 0.0597. The maximum atomic E-state index is 12.8. The van der Waals surface area contributed by atoms with Crippen LogP contribution >= 0.6 is 15.9 Å². The largest absolute Gasteiger partial charge is 0.506 e. The number of alkyl halides is 1. The van der Waals surface area contributed by atoms with Crippen LogP contribution < -0.4 is 0 Å². The molecule has 1 saturated carbocycles. The van der Waals surface area contributed by atoms with Gasteiger partial charge in [-0.25, -0.2) is 0 Å². The number of fused-ring (bicyclic) bond motifs is 1. The fourth-order valence-corrected chi connectivity index (χ4v) is 3.20. The van der Waals surface area contributed by atoms with Crippen LogP contribution in [0, 0.1) is 0 Å². The molecular formula is C17H18BrNO2. The molecule has 0 aliphatic heterocycles. The van der Waals surface area contributed by atoms with Crippen molar-refractivity contribution in [3.8, 4) is 5.75 Å². The van der Waals surface area contributed by atoms with Gasteiger partial charge in [0.1, 0.15) is 5.75 Å². The predicted molar refractivity (Wildman–Crippen MR) is 88.1 cm³/mol. The van der Waals surface area contributed by atoms with Gasteiger partial charge in [-0.1, -0.05) is 46.3 Å². The molecule has 0 spiro atoms. The summed E-state index contributed by atoms with van der Waals surface area (Å²) in [5, 5.41) is 12.9. The highest BCUT2D eigenvalue weighted by Gasteiger charge is 2.30. The Hall–Kier alpha value is -1.55. The Morgan fingerprint density at radius 2 is 2.00 bits per heavy atom. The number of hydrogen-bond acceptors (Lipinski definition) is 2. The van der Waals surface area contributed by atoms with Crippen LogP contribution in [-0.2, 0) is 0 Å². The molecule has 4 heteroatoms. The molecule has 0 radical (unpaired) electrons. The Balaban J connectivity index is 1.98. The molecule has 21 heavy (non-hydrogen) atoms. The SMILES string of the molecule is O=C(c1ccc2ccccc2c1O)N(CCBr)C1CCC1. The Labute approximate surface area is 132 Å². The Kier molecular flexibility index (Phi) is 4.15. The molecule has 0 aromatic heterocycles. The molecule has 0 unspecified atom stereocenters. The molecule has 110 valence electrons. The molecule has 0 heterocycles. The minimum Gasteiger partial charge on any atom is -0.506 e. The van der Waals surface area contributed by atoms with E-state index in [1.165, 1.54) is 6.42 Å². The van der Waals surface area contributed by atoms with E-state index in [4.69, 9.17) is 0 Å². The van der Waals surface area contributed by atoms with E-state index >= 15 is 0 Å². The first-order chi connectivity index (χ1) is 10.2. The third kappa shape index (κ3) is 2.64. The second kappa shape index (κ2) is 6.06. The van der Waals surface area contributed by atoms with Crippen LogP contribution in [0.5, 0.6) is 5.75 Å². The first-order valence-electron chi connectivity index (χ1n) is 7.30. The summed E-state index contributed by atoms with van der Waals surface area (Å²) >= 11 is 3.41. The van der Waals surface area contributed by atoms with E-state index in [1.54, 1.807) is 6.07 Å². The zero-order valence-corrected chi connectivity index (χ0v) is 13.3. The van der Waals surface area contributed by atoms with Crippen LogP contribution in [0.1, 0.15) is 29.6 Å². The summed E-state index contributed by atoms with van der Waals surface area (Å²) in [6.45, 7) is 0.676. The maximum absolute atomic E-state index is 12.8. The maximum Gasteiger partial charge on any atom is 0.257 e. The molecule has 0 atom stereocenters. The lowest BCUT2D eigenvalue weighted by Gasteiger charge is -2.37. The van der Waals surface area contributed by atoms with E-state index in [2.05, 4.69) is 15.9 Å². The number of phenolic OH excluding ortho intramolecular Hbond substituents is 1. The number of benzene rings is 2.